The van der Waals surface area contributed by atoms with Gasteiger partial charge in [0.15, 0.2) is 0 Å². The molecule has 86 valence electrons. The Kier molecular flexibility index (Phi) is 3.26. The van der Waals surface area contributed by atoms with Gasteiger partial charge in [-0.25, -0.2) is 0 Å². The monoisotopic (exact) mass is 211 g/mol. The van der Waals surface area contributed by atoms with E-state index in [0.717, 1.165) is 32.7 Å². The van der Waals surface area contributed by atoms with Crippen LogP contribution < -0.4 is 5.32 Å². The molecule has 0 aromatic heterocycles. The Morgan fingerprint density at radius 3 is 2.47 bits per heavy atom. The maximum atomic E-state index is 11.9. The Morgan fingerprint density at radius 2 is 1.93 bits per heavy atom. The summed E-state index contributed by atoms with van der Waals surface area (Å²) < 4.78 is 0. The van der Waals surface area contributed by atoms with Crippen molar-refractivity contribution in [3.8, 4) is 0 Å². The van der Waals surface area contributed by atoms with Crippen LogP contribution in [0.25, 0.3) is 0 Å². The van der Waals surface area contributed by atoms with Crippen LogP contribution in [-0.4, -0.2) is 62.5 Å². The van der Waals surface area contributed by atoms with Crippen molar-refractivity contribution in [3.63, 3.8) is 0 Å². The summed E-state index contributed by atoms with van der Waals surface area (Å²) in [6.07, 6.45) is 0.667. The maximum Gasteiger partial charge on any atom is 0.223 e. The number of carbonyl (C=O) groups is 1. The molecule has 4 heteroatoms. The smallest absolute Gasteiger partial charge is 0.223 e. The molecule has 2 heterocycles. The summed E-state index contributed by atoms with van der Waals surface area (Å²) in [5.41, 5.74) is 0. The van der Waals surface area contributed by atoms with Gasteiger partial charge < -0.3 is 15.1 Å². The number of fused-ring (bicyclic) bond motifs is 1. The lowest BCUT2D eigenvalue weighted by Gasteiger charge is -2.18. The van der Waals surface area contributed by atoms with Crippen molar-refractivity contribution in [2.24, 2.45) is 11.8 Å². The first-order valence-electron chi connectivity index (χ1n) is 5.80. The zero-order valence-electron chi connectivity index (χ0n) is 9.70. The largest absolute Gasteiger partial charge is 0.342 e. The highest BCUT2D eigenvalue weighted by Crippen LogP contribution is 2.26. The summed E-state index contributed by atoms with van der Waals surface area (Å²) in [4.78, 5) is 16.0. The number of likely N-dealkylation sites (tertiary alicyclic amines) is 1. The lowest BCUT2D eigenvalue weighted by atomic mass is 10.0. The summed E-state index contributed by atoms with van der Waals surface area (Å²) >= 11 is 0. The normalized spacial score (nSPS) is 29.9. The highest BCUT2D eigenvalue weighted by atomic mass is 16.2. The number of rotatable bonds is 3. The molecule has 4 nitrogen and oxygen atoms in total. The first-order valence-corrected chi connectivity index (χ1v) is 5.80. The number of nitrogens with one attached hydrogen (secondary N) is 1. The van der Waals surface area contributed by atoms with Gasteiger partial charge in [0, 0.05) is 39.1 Å². The number of carbonyl (C=O) groups excluding carboxylic acids is 1. The van der Waals surface area contributed by atoms with Gasteiger partial charge in [-0.2, -0.15) is 0 Å². The fourth-order valence-corrected chi connectivity index (χ4v) is 2.54. The van der Waals surface area contributed by atoms with Crippen LogP contribution in [-0.2, 0) is 4.79 Å². The minimum Gasteiger partial charge on any atom is -0.342 e. The number of hydrogen-bond acceptors (Lipinski definition) is 3. The molecule has 0 aliphatic carbocycles. The van der Waals surface area contributed by atoms with Gasteiger partial charge in [-0.1, -0.05) is 0 Å². The average molecular weight is 211 g/mol. The van der Waals surface area contributed by atoms with E-state index in [-0.39, 0.29) is 0 Å². The summed E-state index contributed by atoms with van der Waals surface area (Å²) in [7, 11) is 4.02. The van der Waals surface area contributed by atoms with E-state index in [1.807, 2.05) is 14.1 Å². The summed E-state index contributed by atoms with van der Waals surface area (Å²) in [6, 6.07) is 0. The Morgan fingerprint density at radius 1 is 1.33 bits per heavy atom. The predicted molar refractivity (Wildman–Crippen MR) is 59.6 cm³/mol. The third kappa shape index (κ3) is 2.49. The molecule has 0 unspecified atom stereocenters. The third-order valence-corrected chi connectivity index (χ3v) is 3.52. The fraction of sp³-hybridized carbons (Fsp3) is 0.909. The molecule has 0 aromatic rings. The summed E-state index contributed by atoms with van der Waals surface area (Å²) in [6.45, 7) is 5.01. The van der Waals surface area contributed by atoms with E-state index >= 15 is 0 Å². The van der Waals surface area contributed by atoms with Crippen LogP contribution in [0, 0.1) is 11.8 Å². The van der Waals surface area contributed by atoms with E-state index in [1.165, 1.54) is 0 Å². The molecule has 0 bridgehead atoms. The Bertz CT molecular complexity index is 230. The van der Waals surface area contributed by atoms with E-state index < -0.39 is 0 Å². The van der Waals surface area contributed by atoms with Crippen LogP contribution in [0.5, 0.6) is 0 Å². The van der Waals surface area contributed by atoms with Crippen molar-refractivity contribution in [1.82, 2.24) is 15.1 Å². The highest BCUT2D eigenvalue weighted by molar-refractivity contribution is 5.76. The van der Waals surface area contributed by atoms with Crippen molar-refractivity contribution in [2.75, 3.05) is 46.8 Å². The SMILES string of the molecule is CN(C)CCC(=O)N1C[C@H]2CNC[C@H]2C1. The summed E-state index contributed by atoms with van der Waals surface area (Å²) in [5, 5.41) is 3.39. The number of hydrogen-bond donors (Lipinski definition) is 1. The van der Waals surface area contributed by atoms with Crippen LogP contribution >= 0.6 is 0 Å². The van der Waals surface area contributed by atoms with Crippen molar-refractivity contribution >= 4 is 5.91 Å². The molecular weight excluding hydrogens is 190 g/mol. The minimum absolute atomic E-state index is 0.332. The van der Waals surface area contributed by atoms with Gasteiger partial charge >= 0.3 is 0 Å². The summed E-state index contributed by atoms with van der Waals surface area (Å²) in [5.74, 6) is 1.76. The highest BCUT2D eigenvalue weighted by Gasteiger charge is 2.37. The number of amides is 1. The molecule has 15 heavy (non-hydrogen) atoms. The van der Waals surface area contributed by atoms with Gasteiger partial charge in [0.1, 0.15) is 0 Å². The van der Waals surface area contributed by atoms with Crippen LogP contribution in [0.2, 0.25) is 0 Å². The molecule has 1 N–H and O–H groups in total. The lowest BCUT2D eigenvalue weighted by Crippen LogP contribution is -2.33. The second-order valence-electron chi connectivity index (χ2n) is 5.03. The molecule has 2 saturated heterocycles. The van der Waals surface area contributed by atoms with Gasteiger partial charge in [-0.3, -0.25) is 4.79 Å². The van der Waals surface area contributed by atoms with E-state index in [9.17, 15) is 4.79 Å². The first-order chi connectivity index (χ1) is 7.16. The van der Waals surface area contributed by atoms with Crippen LogP contribution in [0.1, 0.15) is 6.42 Å². The fourth-order valence-electron chi connectivity index (χ4n) is 2.54. The minimum atomic E-state index is 0.332. The van der Waals surface area contributed by atoms with Crippen LogP contribution in [0.15, 0.2) is 0 Å². The van der Waals surface area contributed by atoms with Gasteiger partial charge in [-0.15, -0.1) is 0 Å². The molecule has 2 rings (SSSR count). The predicted octanol–water partition coefficient (Wildman–Crippen LogP) is -0.384. The molecule has 2 aliphatic heterocycles. The zero-order valence-corrected chi connectivity index (χ0v) is 9.70. The van der Waals surface area contributed by atoms with Gasteiger partial charge in [0.25, 0.3) is 0 Å². The van der Waals surface area contributed by atoms with Gasteiger partial charge in [-0.05, 0) is 25.9 Å². The van der Waals surface area contributed by atoms with Gasteiger partial charge in [0.2, 0.25) is 5.91 Å². The Labute approximate surface area is 91.6 Å². The molecule has 2 atom stereocenters. The Hall–Kier alpha value is -0.610. The topological polar surface area (TPSA) is 35.6 Å². The van der Waals surface area contributed by atoms with Crippen molar-refractivity contribution in [2.45, 2.75) is 6.42 Å². The van der Waals surface area contributed by atoms with E-state index in [2.05, 4.69) is 15.1 Å². The molecule has 0 radical (unpaired) electrons. The molecule has 0 spiro atoms. The van der Waals surface area contributed by atoms with E-state index in [4.69, 9.17) is 0 Å². The molecular formula is C11H21N3O. The molecule has 0 saturated carbocycles. The Balaban J connectivity index is 1.78. The van der Waals surface area contributed by atoms with E-state index in [0.29, 0.717) is 24.2 Å². The van der Waals surface area contributed by atoms with Crippen LogP contribution in [0.4, 0.5) is 0 Å². The van der Waals surface area contributed by atoms with Gasteiger partial charge in [0.05, 0.1) is 0 Å². The quantitative estimate of drug-likeness (QED) is 0.691. The van der Waals surface area contributed by atoms with Crippen molar-refractivity contribution in [3.05, 3.63) is 0 Å². The maximum absolute atomic E-state index is 11.9. The average Bonchev–Trinajstić information content (AvgIpc) is 2.72. The second-order valence-corrected chi connectivity index (χ2v) is 5.03. The molecule has 2 aliphatic rings. The molecule has 1 amide bonds. The molecule has 2 fully saturated rings. The molecule has 0 aromatic carbocycles. The first kappa shape index (κ1) is 10.9. The number of nitrogens with zero attached hydrogens (tertiary/aromatic N) is 2. The lowest BCUT2D eigenvalue weighted by molar-refractivity contribution is -0.130. The third-order valence-electron chi connectivity index (χ3n) is 3.52. The van der Waals surface area contributed by atoms with E-state index in [1.54, 1.807) is 0 Å². The van der Waals surface area contributed by atoms with Crippen molar-refractivity contribution < 1.29 is 4.79 Å². The standard InChI is InChI=1S/C11H21N3O/c1-13(2)4-3-11(15)14-7-9-5-12-6-10(9)8-14/h9-10,12H,3-8H2,1-2H3/t9-,10+. The second kappa shape index (κ2) is 4.49. The van der Waals surface area contributed by atoms with Crippen molar-refractivity contribution in [1.29, 1.82) is 0 Å². The van der Waals surface area contributed by atoms with Crippen LogP contribution in [0.3, 0.4) is 0 Å². The zero-order chi connectivity index (χ0) is 10.8.